The van der Waals surface area contributed by atoms with Crippen LogP contribution < -0.4 is 10.6 Å². The summed E-state index contributed by atoms with van der Waals surface area (Å²) in [4.78, 5) is 38.0. The molecule has 0 saturated heterocycles. The van der Waals surface area contributed by atoms with Gasteiger partial charge in [-0.1, -0.05) is 60.7 Å². The van der Waals surface area contributed by atoms with Crippen LogP contribution in [0.5, 0.6) is 0 Å². The lowest BCUT2D eigenvalue weighted by molar-refractivity contribution is -0.147. The summed E-state index contributed by atoms with van der Waals surface area (Å²) in [6.45, 7) is 7.11. The van der Waals surface area contributed by atoms with E-state index < -0.39 is 35.7 Å². The van der Waals surface area contributed by atoms with Gasteiger partial charge in [-0.25, -0.2) is 9.59 Å². The summed E-state index contributed by atoms with van der Waals surface area (Å²) in [5.41, 5.74) is 0.716. The maximum atomic E-state index is 13.2. The summed E-state index contributed by atoms with van der Waals surface area (Å²) in [6, 6.07) is 16.2. The molecule has 2 amide bonds. The summed E-state index contributed by atoms with van der Waals surface area (Å²) >= 11 is 0. The molecule has 7 heteroatoms. The number of esters is 1. The number of carbonyl (C=O) groups is 3. The molecule has 0 unspecified atom stereocenters. The Morgan fingerprint density at radius 1 is 0.903 bits per heavy atom. The van der Waals surface area contributed by atoms with Crippen molar-refractivity contribution in [3.8, 4) is 0 Å². The van der Waals surface area contributed by atoms with Crippen molar-refractivity contribution in [2.45, 2.75) is 51.8 Å². The van der Waals surface area contributed by atoms with E-state index in [2.05, 4.69) is 10.6 Å². The van der Waals surface area contributed by atoms with Gasteiger partial charge in [0.25, 0.3) is 0 Å². The van der Waals surface area contributed by atoms with Crippen molar-refractivity contribution in [2.24, 2.45) is 0 Å². The zero-order valence-electron chi connectivity index (χ0n) is 18.4. The van der Waals surface area contributed by atoms with E-state index in [4.69, 9.17) is 9.47 Å². The van der Waals surface area contributed by atoms with Gasteiger partial charge >= 0.3 is 12.1 Å². The second-order valence-electron chi connectivity index (χ2n) is 7.99. The van der Waals surface area contributed by atoms with Crippen molar-refractivity contribution in [3.05, 3.63) is 71.8 Å². The second kappa shape index (κ2) is 11.2. The summed E-state index contributed by atoms with van der Waals surface area (Å²) in [7, 11) is 0. The molecule has 0 heterocycles. The van der Waals surface area contributed by atoms with Gasteiger partial charge in [0.15, 0.2) is 0 Å². The van der Waals surface area contributed by atoms with E-state index in [1.54, 1.807) is 52.0 Å². The molecule has 0 aliphatic rings. The van der Waals surface area contributed by atoms with E-state index in [1.165, 1.54) is 0 Å². The highest BCUT2D eigenvalue weighted by Crippen LogP contribution is 2.16. The lowest BCUT2D eigenvalue weighted by Gasteiger charge is -2.25. The maximum absolute atomic E-state index is 13.2. The standard InChI is InChI=1S/C24H30N2O5/c1-5-30-22(28)19(16-17-12-8-6-9-13-17)25-21(27)20(18-14-10-7-11-15-18)26-23(29)31-24(2,3)4/h6-15,19-20H,5,16H2,1-4H3,(H,25,27)(H,26,29)/t19-,20-/m0/s1. The van der Waals surface area contributed by atoms with Crippen molar-refractivity contribution in [3.63, 3.8) is 0 Å². The highest BCUT2D eigenvalue weighted by atomic mass is 16.6. The van der Waals surface area contributed by atoms with Crippen molar-refractivity contribution in [2.75, 3.05) is 6.61 Å². The number of benzene rings is 2. The van der Waals surface area contributed by atoms with Crippen LogP contribution >= 0.6 is 0 Å². The highest BCUT2D eigenvalue weighted by Gasteiger charge is 2.30. The Kier molecular flexibility index (Phi) is 8.61. The average molecular weight is 427 g/mol. The predicted molar refractivity (Wildman–Crippen MR) is 117 cm³/mol. The van der Waals surface area contributed by atoms with E-state index in [0.29, 0.717) is 5.56 Å². The molecule has 0 aliphatic heterocycles. The molecule has 2 atom stereocenters. The largest absolute Gasteiger partial charge is 0.464 e. The molecule has 7 nitrogen and oxygen atoms in total. The summed E-state index contributed by atoms with van der Waals surface area (Å²) < 4.78 is 10.4. The smallest absolute Gasteiger partial charge is 0.408 e. The third-order valence-corrected chi connectivity index (χ3v) is 4.23. The van der Waals surface area contributed by atoms with Crippen LogP contribution in [0.25, 0.3) is 0 Å². The zero-order chi connectivity index (χ0) is 22.9. The Balaban J connectivity index is 2.23. The number of alkyl carbamates (subject to hydrolysis) is 1. The first kappa shape index (κ1) is 23.9. The Bertz CT molecular complexity index is 863. The van der Waals surface area contributed by atoms with Crippen LogP contribution in [0.1, 0.15) is 44.9 Å². The molecule has 0 bridgehead atoms. The summed E-state index contributed by atoms with van der Waals surface area (Å²) in [6.07, 6.45) is -0.466. The van der Waals surface area contributed by atoms with Gasteiger partial charge in [0, 0.05) is 6.42 Å². The molecule has 2 aromatic rings. The molecule has 0 aromatic heterocycles. The Morgan fingerprint density at radius 2 is 1.48 bits per heavy atom. The Labute approximate surface area is 183 Å². The molecule has 0 spiro atoms. The normalized spacial score (nSPS) is 12.9. The molecule has 0 aliphatic carbocycles. The number of nitrogens with one attached hydrogen (secondary N) is 2. The lowest BCUT2D eigenvalue weighted by atomic mass is 10.0. The first-order valence-electron chi connectivity index (χ1n) is 10.2. The number of carbonyl (C=O) groups excluding carboxylic acids is 3. The fraction of sp³-hybridized carbons (Fsp3) is 0.375. The van der Waals surface area contributed by atoms with Crippen molar-refractivity contribution in [1.29, 1.82) is 0 Å². The van der Waals surface area contributed by atoms with E-state index in [-0.39, 0.29) is 13.0 Å². The van der Waals surface area contributed by atoms with Gasteiger partial charge < -0.3 is 20.1 Å². The fourth-order valence-corrected chi connectivity index (χ4v) is 2.91. The molecule has 0 fully saturated rings. The maximum Gasteiger partial charge on any atom is 0.408 e. The molecule has 2 rings (SSSR count). The van der Waals surface area contributed by atoms with Crippen LogP contribution in [-0.4, -0.2) is 36.2 Å². The number of hydrogen-bond donors (Lipinski definition) is 2. The Morgan fingerprint density at radius 3 is 2.03 bits per heavy atom. The van der Waals surface area contributed by atoms with Gasteiger partial charge in [0.2, 0.25) is 5.91 Å². The third kappa shape index (κ3) is 8.12. The first-order valence-corrected chi connectivity index (χ1v) is 10.2. The minimum atomic E-state index is -1.04. The van der Waals surface area contributed by atoms with Crippen LogP contribution in [0.4, 0.5) is 4.79 Å². The van der Waals surface area contributed by atoms with Gasteiger partial charge in [0.1, 0.15) is 17.7 Å². The average Bonchev–Trinajstić information content (AvgIpc) is 2.71. The topological polar surface area (TPSA) is 93.7 Å². The molecular weight excluding hydrogens is 396 g/mol. The molecular formula is C24H30N2O5. The van der Waals surface area contributed by atoms with Gasteiger partial charge in [-0.15, -0.1) is 0 Å². The quantitative estimate of drug-likeness (QED) is 0.630. The lowest BCUT2D eigenvalue weighted by Crippen LogP contribution is -2.49. The summed E-state index contributed by atoms with van der Waals surface area (Å²) in [5.74, 6) is -1.07. The highest BCUT2D eigenvalue weighted by molar-refractivity contribution is 5.90. The van der Waals surface area contributed by atoms with Crippen LogP contribution in [0.2, 0.25) is 0 Å². The van der Waals surface area contributed by atoms with Crippen molar-refractivity contribution in [1.82, 2.24) is 10.6 Å². The van der Waals surface area contributed by atoms with Crippen LogP contribution in [0.15, 0.2) is 60.7 Å². The summed E-state index contributed by atoms with van der Waals surface area (Å²) in [5, 5.41) is 5.34. The first-order chi connectivity index (χ1) is 14.7. The SMILES string of the molecule is CCOC(=O)[C@H](Cc1ccccc1)NC(=O)[C@@H](NC(=O)OC(C)(C)C)c1ccccc1. The van der Waals surface area contributed by atoms with E-state index in [0.717, 1.165) is 5.56 Å². The van der Waals surface area contributed by atoms with Crippen LogP contribution in [-0.2, 0) is 25.5 Å². The van der Waals surface area contributed by atoms with E-state index in [9.17, 15) is 14.4 Å². The second-order valence-corrected chi connectivity index (χ2v) is 7.99. The molecule has 0 radical (unpaired) electrons. The predicted octanol–water partition coefficient (Wildman–Crippen LogP) is 3.54. The van der Waals surface area contributed by atoms with Crippen LogP contribution in [0.3, 0.4) is 0 Å². The molecule has 2 N–H and O–H groups in total. The van der Waals surface area contributed by atoms with Crippen LogP contribution in [0, 0.1) is 0 Å². The Hall–Kier alpha value is -3.35. The molecule has 166 valence electrons. The molecule has 0 saturated carbocycles. The monoisotopic (exact) mass is 426 g/mol. The van der Waals surface area contributed by atoms with E-state index >= 15 is 0 Å². The minimum absolute atomic E-state index is 0.193. The van der Waals surface area contributed by atoms with Gasteiger partial charge in [-0.05, 0) is 38.8 Å². The van der Waals surface area contributed by atoms with Gasteiger partial charge in [-0.3, -0.25) is 4.79 Å². The van der Waals surface area contributed by atoms with Crippen molar-refractivity contribution >= 4 is 18.0 Å². The number of rotatable bonds is 8. The van der Waals surface area contributed by atoms with Gasteiger partial charge in [0.05, 0.1) is 6.61 Å². The number of amides is 2. The zero-order valence-corrected chi connectivity index (χ0v) is 18.4. The third-order valence-electron chi connectivity index (χ3n) is 4.23. The van der Waals surface area contributed by atoms with Gasteiger partial charge in [-0.2, -0.15) is 0 Å². The molecule has 2 aromatic carbocycles. The van der Waals surface area contributed by atoms with Crippen molar-refractivity contribution < 1.29 is 23.9 Å². The minimum Gasteiger partial charge on any atom is -0.464 e. The van der Waals surface area contributed by atoms with E-state index in [1.807, 2.05) is 36.4 Å². The number of ether oxygens (including phenoxy) is 2. The molecule has 31 heavy (non-hydrogen) atoms. The fourth-order valence-electron chi connectivity index (χ4n) is 2.91. The number of hydrogen-bond acceptors (Lipinski definition) is 5.